The topological polar surface area (TPSA) is 37.8 Å². The first-order valence-electron chi connectivity index (χ1n) is 5.64. The number of anilines is 1. The zero-order valence-electron chi connectivity index (χ0n) is 10.2. The Balaban J connectivity index is 2.48. The van der Waals surface area contributed by atoms with Crippen LogP contribution < -0.4 is 5.32 Å². The van der Waals surface area contributed by atoms with Crippen LogP contribution in [0.3, 0.4) is 0 Å². The van der Waals surface area contributed by atoms with E-state index < -0.39 is 11.6 Å². The molecule has 2 aromatic rings. The van der Waals surface area contributed by atoms with E-state index >= 15 is 0 Å². The van der Waals surface area contributed by atoms with Crippen molar-refractivity contribution in [1.29, 1.82) is 0 Å². The Labute approximate surface area is 104 Å². The van der Waals surface area contributed by atoms with Crippen molar-refractivity contribution in [1.82, 2.24) is 9.97 Å². The van der Waals surface area contributed by atoms with Gasteiger partial charge in [-0.1, -0.05) is 6.07 Å². The quantitative estimate of drug-likeness (QED) is 0.908. The monoisotopic (exact) mass is 249 g/mol. The highest BCUT2D eigenvalue weighted by Crippen LogP contribution is 2.25. The average molecular weight is 249 g/mol. The smallest absolute Gasteiger partial charge is 0.168 e. The van der Waals surface area contributed by atoms with Crippen LogP contribution in [0.4, 0.5) is 14.6 Å². The van der Waals surface area contributed by atoms with Gasteiger partial charge in [0.25, 0.3) is 0 Å². The summed E-state index contributed by atoms with van der Waals surface area (Å²) in [5.74, 6) is -1.13. The fourth-order valence-electron chi connectivity index (χ4n) is 1.63. The van der Waals surface area contributed by atoms with Crippen LogP contribution in [-0.2, 0) is 0 Å². The standard InChI is InChI=1S/C13H13F2N3/c1-3-16-11-6-10(17-7-18-11)9-5-4-8(2)12(14)13(9)15/h4-7H,3H2,1-2H3,(H,16,17,18). The third kappa shape index (κ3) is 2.30. The van der Waals surface area contributed by atoms with E-state index in [0.29, 0.717) is 18.1 Å². The van der Waals surface area contributed by atoms with Crippen LogP contribution in [0.1, 0.15) is 12.5 Å². The third-order valence-corrected chi connectivity index (χ3v) is 2.58. The second-order valence-electron chi connectivity index (χ2n) is 3.88. The van der Waals surface area contributed by atoms with Gasteiger partial charge in [-0.3, -0.25) is 0 Å². The fourth-order valence-corrected chi connectivity index (χ4v) is 1.63. The summed E-state index contributed by atoms with van der Waals surface area (Å²) in [5.41, 5.74) is 0.772. The molecule has 0 atom stereocenters. The normalized spacial score (nSPS) is 10.4. The van der Waals surface area contributed by atoms with Crippen molar-refractivity contribution in [3.63, 3.8) is 0 Å². The molecule has 0 aliphatic carbocycles. The number of nitrogens with one attached hydrogen (secondary N) is 1. The van der Waals surface area contributed by atoms with Gasteiger partial charge < -0.3 is 5.32 Å². The van der Waals surface area contributed by atoms with Gasteiger partial charge in [0, 0.05) is 18.2 Å². The number of hydrogen-bond acceptors (Lipinski definition) is 3. The lowest BCUT2D eigenvalue weighted by Crippen LogP contribution is -2.01. The van der Waals surface area contributed by atoms with Crippen molar-refractivity contribution in [3.8, 4) is 11.3 Å². The summed E-state index contributed by atoms with van der Waals surface area (Å²) in [4.78, 5) is 7.95. The van der Waals surface area contributed by atoms with Gasteiger partial charge in [-0.05, 0) is 25.5 Å². The fraction of sp³-hybridized carbons (Fsp3) is 0.231. The van der Waals surface area contributed by atoms with E-state index in [4.69, 9.17) is 0 Å². The van der Waals surface area contributed by atoms with Crippen LogP contribution in [0.5, 0.6) is 0 Å². The molecule has 1 aromatic carbocycles. The molecular weight excluding hydrogens is 236 g/mol. The molecule has 94 valence electrons. The molecule has 0 aliphatic heterocycles. The summed E-state index contributed by atoms with van der Waals surface area (Å²) in [5, 5.41) is 3.00. The summed E-state index contributed by atoms with van der Waals surface area (Å²) in [6.45, 7) is 4.14. The van der Waals surface area contributed by atoms with Crippen LogP contribution in [-0.4, -0.2) is 16.5 Å². The van der Waals surface area contributed by atoms with Gasteiger partial charge in [-0.15, -0.1) is 0 Å². The van der Waals surface area contributed by atoms with E-state index in [-0.39, 0.29) is 11.1 Å². The number of rotatable bonds is 3. The minimum Gasteiger partial charge on any atom is -0.370 e. The maximum absolute atomic E-state index is 13.8. The number of hydrogen-bond donors (Lipinski definition) is 1. The summed E-state index contributed by atoms with van der Waals surface area (Å²) in [6, 6.07) is 4.64. The lowest BCUT2D eigenvalue weighted by atomic mass is 10.1. The first kappa shape index (κ1) is 12.4. The molecule has 1 aromatic heterocycles. The predicted octanol–water partition coefficient (Wildman–Crippen LogP) is 3.16. The zero-order chi connectivity index (χ0) is 13.1. The molecule has 1 N–H and O–H groups in total. The van der Waals surface area contributed by atoms with Crippen LogP contribution >= 0.6 is 0 Å². The van der Waals surface area contributed by atoms with E-state index in [1.807, 2.05) is 6.92 Å². The molecule has 2 rings (SSSR count). The molecule has 0 spiro atoms. The summed E-state index contributed by atoms with van der Waals surface area (Å²) < 4.78 is 27.3. The Morgan fingerprint density at radius 1 is 1.17 bits per heavy atom. The summed E-state index contributed by atoms with van der Waals surface area (Å²) in [6.07, 6.45) is 1.32. The van der Waals surface area contributed by atoms with Crippen LogP contribution in [0.2, 0.25) is 0 Å². The molecular formula is C13H13F2N3. The minimum absolute atomic E-state index is 0.139. The molecule has 0 bridgehead atoms. The number of aromatic nitrogens is 2. The second kappa shape index (κ2) is 5.08. The Bertz CT molecular complexity index is 570. The predicted molar refractivity (Wildman–Crippen MR) is 66.3 cm³/mol. The van der Waals surface area contributed by atoms with Crippen molar-refractivity contribution < 1.29 is 8.78 Å². The Hall–Kier alpha value is -2.04. The van der Waals surface area contributed by atoms with Crippen molar-refractivity contribution in [2.75, 3.05) is 11.9 Å². The Kier molecular flexibility index (Phi) is 3.50. The minimum atomic E-state index is -0.879. The van der Waals surface area contributed by atoms with Gasteiger partial charge in [0.15, 0.2) is 11.6 Å². The van der Waals surface area contributed by atoms with Gasteiger partial charge in [-0.25, -0.2) is 18.7 Å². The van der Waals surface area contributed by atoms with Gasteiger partial charge >= 0.3 is 0 Å². The first-order valence-corrected chi connectivity index (χ1v) is 5.64. The maximum atomic E-state index is 13.8. The SMILES string of the molecule is CCNc1cc(-c2ccc(C)c(F)c2F)ncn1. The average Bonchev–Trinajstić information content (AvgIpc) is 2.37. The second-order valence-corrected chi connectivity index (χ2v) is 3.88. The molecule has 0 fully saturated rings. The molecule has 0 saturated heterocycles. The van der Waals surface area contributed by atoms with E-state index in [0.717, 1.165) is 0 Å². The third-order valence-electron chi connectivity index (χ3n) is 2.58. The summed E-state index contributed by atoms with van der Waals surface area (Å²) in [7, 11) is 0. The zero-order valence-corrected chi connectivity index (χ0v) is 10.2. The van der Waals surface area contributed by atoms with Crippen molar-refractivity contribution >= 4 is 5.82 Å². The lowest BCUT2D eigenvalue weighted by Gasteiger charge is -2.07. The highest BCUT2D eigenvalue weighted by Gasteiger charge is 2.13. The number of nitrogens with zero attached hydrogens (tertiary/aromatic N) is 2. The molecule has 0 unspecified atom stereocenters. The molecule has 0 amide bonds. The molecule has 0 saturated carbocycles. The van der Waals surface area contributed by atoms with Crippen molar-refractivity contribution in [2.24, 2.45) is 0 Å². The van der Waals surface area contributed by atoms with Gasteiger partial charge in [0.2, 0.25) is 0 Å². The van der Waals surface area contributed by atoms with E-state index in [1.165, 1.54) is 25.4 Å². The molecule has 0 radical (unpaired) electrons. The van der Waals surface area contributed by atoms with Crippen LogP contribution in [0.15, 0.2) is 24.5 Å². The van der Waals surface area contributed by atoms with Gasteiger partial charge in [-0.2, -0.15) is 0 Å². The van der Waals surface area contributed by atoms with E-state index in [2.05, 4.69) is 15.3 Å². The molecule has 5 heteroatoms. The molecule has 3 nitrogen and oxygen atoms in total. The van der Waals surface area contributed by atoms with Crippen molar-refractivity contribution in [2.45, 2.75) is 13.8 Å². The highest BCUT2D eigenvalue weighted by atomic mass is 19.2. The first-order chi connectivity index (χ1) is 8.63. The van der Waals surface area contributed by atoms with Gasteiger partial charge in [0.1, 0.15) is 12.1 Å². The number of halogens is 2. The number of aryl methyl sites for hydroxylation is 1. The van der Waals surface area contributed by atoms with E-state index in [9.17, 15) is 8.78 Å². The molecule has 0 aliphatic rings. The number of benzene rings is 1. The molecule has 18 heavy (non-hydrogen) atoms. The Morgan fingerprint density at radius 3 is 2.67 bits per heavy atom. The highest BCUT2D eigenvalue weighted by molar-refractivity contribution is 5.63. The van der Waals surface area contributed by atoms with Crippen molar-refractivity contribution in [3.05, 3.63) is 41.7 Å². The van der Waals surface area contributed by atoms with E-state index in [1.54, 1.807) is 6.07 Å². The lowest BCUT2D eigenvalue weighted by molar-refractivity contribution is 0.505. The largest absolute Gasteiger partial charge is 0.370 e. The summed E-state index contributed by atoms with van der Waals surface area (Å²) >= 11 is 0. The van der Waals surface area contributed by atoms with Crippen LogP contribution in [0, 0.1) is 18.6 Å². The molecule has 1 heterocycles. The van der Waals surface area contributed by atoms with Gasteiger partial charge in [0.05, 0.1) is 5.69 Å². The van der Waals surface area contributed by atoms with Crippen LogP contribution in [0.25, 0.3) is 11.3 Å². The maximum Gasteiger partial charge on any atom is 0.168 e. The Morgan fingerprint density at radius 2 is 1.94 bits per heavy atom.